The summed E-state index contributed by atoms with van der Waals surface area (Å²) in [7, 11) is 0. The van der Waals surface area contributed by atoms with E-state index in [9.17, 15) is 14.7 Å². The number of carbonyl (C=O) groups is 2. The zero-order valence-corrected chi connectivity index (χ0v) is 6.73. The van der Waals surface area contributed by atoms with Crippen LogP contribution in [0.3, 0.4) is 0 Å². The van der Waals surface area contributed by atoms with Crippen molar-refractivity contribution in [2.45, 2.75) is 25.9 Å². The van der Waals surface area contributed by atoms with Crippen molar-refractivity contribution in [1.29, 1.82) is 0 Å². The third kappa shape index (κ3) is 1.33. The Morgan fingerprint density at radius 1 is 1.58 bits per heavy atom. The highest BCUT2D eigenvalue weighted by Gasteiger charge is 2.38. The average molecular weight is 173 g/mol. The van der Waals surface area contributed by atoms with Crippen LogP contribution in [0.15, 0.2) is 0 Å². The first-order chi connectivity index (χ1) is 5.57. The normalized spacial score (nSPS) is 31.1. The van der Waals surface area contributed by atoms with Gasteiger partial charge in [-0.15, -0.1) is 0 Å². The lowest BCUT2D eigenvalue weighted by molar-refractivity contribution is -0.195. The molecule has 0 aromatic rings. The van der Waals surface area contributed by atoms with E-state index in [0.717, 1.165) is 0 Å². The molecule has 0 aliphatic carbocycles. The Morgan fingerprint density at radius 2 is 2.17 bits per heavy atom. The van der Waals surface area contributed by atoms with Crippen LogP contribution in [-0.2, 0) is 9.59 Å². The Bertz CT molecular complexity index is 215. The predicted molar refractivity (Wildman–Crippen MR) is 38.0 cm³/mol. The van der Waals surface area contributed by atoms with Gasteiger partial charge >= 0.3 is 0 Å². The van der Waals surface area contributed by atoms with Crippen LogP contribution in [0.2, 0.25) is 0 Å². The lowest BCUT2D eigenvalue weighted by atomic mass is 9.91. The van der Waals surface area contributed by atoms with Crippen molar-refractivity contribution in [1.82, 2.24) is 5.06 Å². The molecule has 1 aliphatic heterocycles. The summed E-state index contributed by atoms with van der Waals surface area (Å²) in [6, 6.07) is 0. The molecule has 2 N–H and O–H groups in total. The van der Waals surface area contributed by atoms with Crippen molar-refractivity contribution in [3.8, 4) is 0 Å². The number of hydrogen-bond acceptors (Lipinski definition) is 4. The Balaban J connectivity index is 2.77. The third-order valence-electron chi connectivity index (χ3n) is 2.11. The molecule has 5 nitrogen and oxygen atoms in total. The predicted octanol–water partition coefficient (Wildman–Crippen LogP) is -0.478. The Kier molecular flexibility index (Phi) is 2.44. The standard InChI is InChI=1S/C7H11NO4/c1-2-4-3-5(9)8(12)7(11)6(4)10/h4,6,10,12H,2-3H2,1H3. The lowest BCUT2D eigenvalue weighted by Gasteiger charge is -2.28. The molecule has 2 amide bonds. The monoisotopic (exact) mass is 173 g/mol. The van der Waals surface area contributed by atoms with Gasteiger partial charge in [-0.25, -0.2) is 0 Å². The molecule has 2 atom stereocenters. The summed E-state index contributed by atoms with van der Waals surface area (Å²) >= 11 is 0. The van der Waals surface area contributed by atoms with Gasteiger partial charge in [-0.1, -0.05) is 6.92 Å². The Morgan fingerprint density at radius 3 is 2.67 bits per heavy atom. The van der Waals surface area contributed by atoms with Gasteiger partial charge in [0.25, 0.3) is 11.8 Å². The molecule has 1 saturated heterocycles. The molecule has 1 heterocycles. The van der Waals surface area contributed by atoms with Crippen LogP contribution < -0.4 is 0 Å². The molecule has 12 heavy (non-hydrogen) atoms. The van der Waals surface area contributed by atoms with Gasteiger partial charge < -0.3 is 5.11 Å². The highest BCUT2D eigenvalue weighted by molar-refractivity contribution is 5.98. The van der Waals surface area contributed by atoms with Crippen molar-refractivity contribution in [2.75, 3.05) is 0 Å². The van der Waals surface area contributed by atoms with E-state index in [1.807, 2.05) is 0 Å². The maximum absolute atomic E-state index is 10.9. The number of aliphatic hydroxyl groups excluding tert-OH is 1. The van der Waals surface area contributed by atoms with Gasteiger partial charge in [0.05, 0.1) is 0 Å². The summed E-state index contributed by atoms with van der Waals surface area (Å²) in [4.78, 5) is 21.8. The van der Waals surface area contributed by atoms with E-state index in [2.05, 4.69) is 0 Å². The summed E-state index contributed by atoms with van der Waals surface area (Å²) in [5.74, 6) is -1.91. The highest BCUT2D eigenvalue weighted by atomic mass is 16.5. The number of imide groups is 1. The second kappa shape index (κ2) is 3.20. The third-order valence-corrected chi connectivity index (χ3v) is 2.11. The number of amides is 2. The van der Waals surface area contributed by atoms with E-state index in [1.165, 1.54) is 0 Å². The molecule has 0 spiro atoms. The molecule has 2 unspecified atom stereocenters. The number of rotatable bonds is 1. The summed E-state index contributed by atoms with van der Waals surface area (Å²) in [5, 5.41) is 18.0. The smallest absolute Gasteiger partial charge is 0.282 e. The zero-order chi connectivity index (χ0) is 9.30. The molecular weight excluding hydrogens is 162 g/mol. The topological polar surface area (TPSA) is 77.8 Å². The number of hydrogen-bond donors (Lipinski definition) is 2. The lowest BCUT2D eigenvalue weighted by Crippen LogP contribution is -2.50. The molecule has 0 aromatic carbocycles. The molecule has 1 aliphatic rings. The fourth-order valence-electron chi connectivity index (χ4n) is 1.24. The first-order valence-corrected chi connectivity index (χ1v) is 3.81. The van der Waals surface area contributed by atoms with E-state index < -0.39 is 17.9 Å². The van der Waals surface area contributed by atoms with Gasteiger partial charge in [-0.2, -0.15) is 5.06 Å². The quantitative estimate of drug-likeness (QED) is 0.414. The van der Waals surface area contributed by atoms with Crippen LogP contribution in [0.4, 0.5) is 0 Å². The van der Waals surface area contributed by atoms with Crippen LogP contribution >= 0.6 is 0 Å². The largest absolute Gasteiger partial charge is 0.383 e. The van der Waals surface area contributed by atoms with E-state index in [1.54, 1.807) is 6.92 Å². The van der Waals surface area contributed by atoms with Crippen molar-refractivity contribution < 1.29 is 19.9 Å². The molecule has 0 aromatic heterocycles. The maximum atomic E-state index is 10.9. The minimum atomic E-state index is -1.24. The van der Waals surface area contributed by atoms with Crippen LogP contribution in [0.1, 0.15) is 19.8 Å². The SMILES string of the molecule is CCC1CC(=O)N(O)C(=O)C1O. The minimum Gasteiger partial charge on any atom is -0.383 e. The van der Waals surface area contributed by atoms with Crippen molar-refractivity contribution in [3.63, 3.8) is 0 Å². The van der Waals surface area contributed by atoms with Crippen LogP contribution in [0, 0.1) is 5.92 Å². The molecule has 0 radical (unpaired) electrons. The van der Waals surface area contributed by atoms with E-state index in [-0.39, 0.29) is 17.4 Å². The number of hydroxylamine groups is 2. The van der Waals surface area contributed by atoms with Crippen LogP contribution in [0.25, 0.3) is 0 Å². The van der Waals surface area contributed by atoms with E-state index >= 15 is 0 Å². The molecule has 5 heteroatoms. The van der Waals surface area contributed by atoms with Gasteiger partial charge in [0.15, 0.2) is 0 Å². The van der Waals surface area contributed by atoms with Gasteiger partial charge in [0.1, 0.15) is 6.10 Å². The molecule has 0 bridgehead atoms. The van der Waals surface area contributed by atoms with Gasteiger partial charge in [0, 0.05) is 12.3 Å². The van der Waals surface area contributed by atoms with E-state index in [0.29, 0.717) is 6.42 Å². The van der Waals surface area contributed by atoms with Gasteiger partial charge in [-0.05, 0) is 6.42 Å². The molecule has 0 saturated carbocycles. The molecule has 1 fully saturated rings. The van der Waals surface area contributed by atoms with Crippen LogP contribution in [-0.4, -0.2) is 33.3 Å². The number of nitrogens with zero attached hydrogens (tertiary/aromatic N) is 1. The number of carbonyl (C=O) groups excluding carboxylic acids is 2. The fourth-order valence-corrected chi connectivity index (χ4v) is 1.24. The van der Waals surface area contributed by atoms with Gasteiger partial charge in [0.2, 0.25) is 0 Å². The summed E-state index contributed by atoms with van der Waals surface area (Å²) in [5.41, 5.74) is 0. The first kappa shape index (κ1) is 9.15. The number of aliphatic hydroxyl groups is 1. The first-order valence-electron chi connectivity index (χ1n) is 3.81. The van der Waals surface area contributed by atoms with Crippen LogP contribution in [0.5, 0.6) is 0 Å². The fraction of sp³-hybridized carbons (Fsp3) is 0.714. The highest BCUT2D eigenvalue weighted by Crippen LogP contribution is 2.21. The zero-order valence-electron chi connectivity index (χ0n) is 6.73. The van der Waals surface area contributed by atoms with E-state index in [4.69, 9.17) is 5.21 Å². The molecule has 1 rings (SSSR count). The second-order valence-electron chi connectivity index (χ2n) is 2.86. The molecular formula is C7H11NO4. The summed E-state index contributed by atoms with van der Waals surface area (Å²) in [6.45, 7) is 1.78. The Labute approximate surface area is 69.5 Å². The summed E-state index contributed by atoms with van der Waals surface area (Å²) in [6.07, 6.45) is -0.662. The van der Waals surface area contributed by atoms with Crippen molar-refractivity contribution in [2.24, 2.45) is 5.92 Å². The maximum Gasteiger partial charge on any atom is 0.282 e. The number of piperidine rings is 1. The van der Waals surface area contributed by atoms with Gasteiger partial charge in [-0.3, -0.25) is 14.8 Å². The minimum absolute atomic E-state index is 0.00315. The molecule has 68 valence electrons. The van der Waals surface area contributed by atoms with Crippen molar-refractivity contribution in [3.05, 3.63) is 0 Å². The van der Waals surface area contributed by atoms with Crippen molar-refractivity contribution >= 4 is 11.8 Å². The average Bonchev–Trinajstić information content (AvgIpc) is 2.08. The second-order valence-corrected chi connectivity index (χ2v) is 2.86. The Hall–Kier alpha value is -0.940. The summed E-state index contributed by atoms with van der Waals surface area (Å²) < 4.78 is 0.